The molecule has 0 aromatic rings. The van der Waals surface area contributed by atoms with Gasteiger partial charge in [-0.25, -0.2) is 0 Å². The number of rotatable bonds is 4. The topological polar surface area (TPSA) is 18.5 Å². The number of allylic oxidation sites excluding steroid dienone is 1. The summed E-state index contributed by atoms with van der Waals surface area (Å²) in [5, 5.41) is 0. The minimum Gasteiger partial charge on any atom is -0.520 e. The Kier molecular flexibility index (Phi) is 4.26. The van der Waals surface area contributed by atoms with Crippen LogP contribution in [0.15, 0.2) is 12.0 Å². The van der Waals surface area contributed by atoms with Crippen LogP contribution in [0.2, 0.25) is 19.6 Å². The van der Waals surface area contributed by atoms with Crippen molar-refractivity contribution in [1.82, 2.24) is 0 Å². The molecular weight excluding hydrogens is 156 g/mol. The summed E-state index contributed by atoms with van der Waals surface area (Å²) in [7, 11) is -1.47. The molecule has 3 heteroatoms. The smallest absolute Gasteiger partial charge is 0.260 e. The highest BCUT2D eigenvalue weighted by Gasteiger charge is 2.17. The van der Waals surface area contributed by atoms with Crippen LogP contribution in [0.1, 0.15) is 13.8 Å². The van der Waals surface area contributed by atoms with Gasteiger partial charge >= 0.3 is 0 Å². The summed E-state index contributed by atoms with van der Waals surface area (Å²) in [5.41, 5.74) is 0. The van der Waals surface area contributed by atoms with Crippen LogP contribution in [-0.2, 0) is 9.16 Å². The van der Waals surface area contributed by atoms with Gasteiger partial charge in [-0.2, -0.15) is 0 Å². The molecule has 0 heterocycles. The summed E-state index contributed by atoms with van der Waals surface area (Å²) < 4.78 is 10.8. The van der Waals surface area contributed by atoms with E-state index >= 15 is 0 Å². The highest BCUT2D eigenvalue weighted by atomic mass is 28.4. The zero-order chi connectivity index (χ0) is 8.91. The molecule has 0 spiro atoms. The lowest BCUT2D eigenvalue weighted by Gasteiger charge is -2.20. The number of hydrogen-bond donors (Lipinski definition) is 0. The lowest BCUT2D eigenvalue weighted by Crippen LogP contribution is -2.25. The van der Waals surface area contributed by atoms with Gasteiger partial charge in [0.05, 0.1) is 6.61 Å². The van der Waals surface area contributed by atoms with Crippen molar-refractivity contribution >= 4 is 8.32 Å². The molecule has 0 bridgehead atoms. The van der Waals surface area contributed by atoms with Gasteiger partial charge in [-0.3, -0.25) is 0 Å². The molecule has 0 aliphatic carbocycles. The molecule has 11 heavy (non-hydrogen) atoms. The monoisotopic (exact) mass is 174 g/mol. The number of ether oxygens (including phenoxy) is 1. The van der Waals surface area contributed by atoms with Gasteiger partial charge in [-0.1, -0.05) is 0 Å². The molecule has 0 saturated carbocycles. The van der Waals surface area contributed by atoms with Crippen LogP contribution < -0.4 is 0 Å². The molecule has 0 radical (unpaired) electrons. The van der Waals surface area contributed by atoms with Crippen LogP contribution in [-0.4, -0.2) is 14.9 Å². The Morgan fingerprint density at radius 2 is 1.91 bits per heavy atom. The van der Waals surface area contributed by atoms with Crippen LogP contribution in [0.4, 0.5) is 0 Å². The minimum absolute atomic E-state index is 0.671. The zero-order valence-electron chi connectivity index (χ0n) is 8.10. The van der Waals surface area contributed by atoms with Crippen molar-refractivity contribution in [3.05, 3.63) is 12.0 Å². The summed E-state index contributed by atoms with van der Waals surface area (Å²) in [6, 6.07) is 0. The molecule has 0 atom stereocenters. The van der Waals surface area contributed by atoms with Crippen LogP contribution in [0.5, 0.6) is 0 Å². The largest absolute Gasteiger partial charge is 0.520 e. The van der Waals surface area contributed by atoms with Gasteiger partial charge in [-0.15, -0.1) is 0 Å². The van der Waals surface area contributed by atoms with Gasteiger partial charge in [0, 0.05) is 0 Å². The zero-order valence-corrected chi connectivity index (χ0v) is 9.10. The van der Waals surface area contributed by atoms with Crippen molar-refractivity contribution in [1.29, 1.82) is 0 Å². The van der Waals surface area contributed by atoms with Crippen LogP contribution in [0.25, 0.3) is 0 Å². The van der Waals surface area contributed by atoms with Crippen LogP contribution >= 0.6 is 0 Å². The molecule has 0 amide bonds. The SMILES string of the molecule is C/C=C(/OCC)O[Si](C)(C)C. The first-order valence-electron chi connectivity index (χ1n) is 3.97. The molecule has 0 aliphatic rings. The van der Waals surface area contributed by atoms with E-state index in [9.17, 15) is 0 Å². The quantitative estimate of drug-likeness (QED) is 0.482. The van der Waals surface area contributed by atoms with E-state index in [-0.39, 0.29) is 0 Å². The fourth-order valence-corrected chi connectivity index (χ4v) is 1.40. The van der Waals surface area contributed by atoms with Crippen LogP contribution in [0, 0.1) is 0 Å². The predicted octanol–water partition coefficient (Wildman–Crippen LogP) is 2.74. The van der Waals surface area contributed by atoms with E-state index in [4.69, 9.17) is 9.16 Å². The van der Waals surface area contributed by atoms with Gasteiger partial charge in [0.2, 0.25) is 8.32 Å². The third-order valence-electron chi connectivity index (χ3n) is 0.929. The van der Waals surface area contributed by atoms with Crippen molar-refractivity contribution in [2.24, 2.45) is 0 Å². The summed E-state index contributed by atoms with van der Waals surface area (Å²) in [6.45, 7) is 11.0. The van der Waals surface area contributed by atoms with E-state index in [1.165, 1.54) is 0 Å². The maximum Gasteiger partial charge on any atom is 0.260 e. The molecule has 0 N–H and O–H groups in total. The Morgan fingerprint density at radius 1 is 1.36 bits per heavy atom. The minimum atomic E-state index is -1.47. The normalized spacial score (nSPS) is 13.0. The van der Waals surface area contributed by atoms with E-state index in [0.29, 0.717) is 12.6 Å². The standard InChI is InChI=1S/C8H18O2Si/c1-6-8(9-7-2)10-11(3,4)5/h6H,7H2,1-5H3/b8-6-. The molecule has 0 rings (SSSR count). The van der Waals surface area contributed by atoms with Gasteiger partial charge in [0.25, 0.3) is 5.95 Å². The average molecular weight is 174 g/mol. The van der Waals surface area contributed by atoms with Crippen molar-refractivity contribution in [3.8, 4) is 0 Å². The summed E-state index contributed by atoms with van der Waals surface area (Å²) in [4.78, 5) is 0. The summed E-state index contributed by atoms with van der Waals surface area (Å²) in [6.07, 6.45) is 1.86. The molecule has 66 valence electrons. The highest BCUT2D eigenvalue weighted by Crippen LogP contribution is 2.10. The molecule has 0 unspecified atom stereocenters. The average Bonchev–Trinajstić information content (AvgIpc) is 1.84. The lowest BCUT2D eigenvalue weighted by molar-refractivity contribution is 0.111. The molecule has 0 aromatic heterocycles. The van der Waals surface area contributed by atoms with Crippen molar-refractivity contribution in [2.45, 2.75) is 33.5 Å². The van der Waals surface area contributed by atoms with Crippen LogP contribution in [0.3, 0.4) is 0 Å². The second-order valence-corrected chi connectivity index (χ2v) is 7.68. The fourth-order valence-electron chi connectivity index (χ4n) is 0.616. The first-order chi connectivity index (χ1) is 4.99. The summed E-state index contributed by atoms with van der Waals surface area (Å²) in [5.74, 6) is 0.673. The Bertz CT molecular complexity index is 136. The van der Waals surface area contributed by atoms with E-state index in [2.05, 4.69) is 19.6 Å². The molecule has 2 nitrogen and oxygen atoms in total. The molecular formula is C8H18O2Si. The molecule has 0 aliphatic heterocycles. The van der Waals surface area contributed by atoms with E-state index in [1.54, 1.807) is 0 Å². The van der Waals surface area contributed by atoms with Gasteiger partial charge < -0.3 is 9.16 Å². The Balaban J connectivity index is 3.90. The van der Waals surface area contributed by atoms with Crippen molar-refractivity contribution in [3.63, 3.8) is 0 Å². The maximum atomic E-state index is 5.61. The molecule has 0 saturated heterocycles. The Labute approximate surface area is 70.3 Å². The van der Waals surface area contributed by atoms with Gasteiger partial charge in [0.1, 0.15) is 0 Å². The van der Waals surface area contributed by atoms with E-state index in [1.807, 2.05) is 19.9 Å². The predicted molar refractivity (Wildman–Crippen MR) is 49.8 cm³/mol. The Hall–Kier alpha value is -0.443. The van der Waals surface area contributed by atoms with Crippen molar-refractivity contribution < 1.29 is 9.16 Å². The highest BCUT2D eigenvalue weighted by molar-refractivity contribution is 6.69. The van der Waals surface area contributed by atoms with Gasteiger partial charge in [0.15, 0.2) is 0 Å². The summed E-state index contributed by atoms with van der Waals surface area (Å²) >= 11 is 0. The number of hydrogen-bond acceptors (Lipinski definition) is 2. The van der Waals surface area contributed by atoms with E-state index in [0.717, 1.165) is 0 Å². The van der Waals surface area contributed by atoms with E-state index < -0.39 is 8.32 Å². The van der Waals surface area contributed by atoms with Crippen molar-refractivity contribution in [2.75, 3.05) is 6.61 Å². The first kappa shape index (κ1) is 10.6. The second-order valence-electron chi connectivity index (χ2n) is 3.26. The van der Waals surface area contributed by atoms with Gasteiger partial charge in [-0.05, 0) is 39.6 Å². The second kappa shape index (κ2) is 4.44. The maximum absolute atomic E-state index is 5.61. The lowest BCUT2D eigenvalue weighted by atomic mass is 10.7. The third-order valence-corrected chi connectivity index (χ3v) is 1.74. The fraction of sp³-hybridized carbons (Fsp3) is 0.750. The Morgan fingerprint density at radius 3 is 2.18 bits per heavy atom. The third kappa shape index (κ3) is 5.98. The molecule has 0 aromatic carbocycles. The first-order valence-corrected chi connectivity index (χ1v) is 7.38. The molecule has 0 fully saturated rings.